The summed E-state index contributed by atoms with van der Waals surface area (Å²) < 4.78 is 28.9. The van der Waals surface area contributed by atoms with Gasteiger partial charge in [0.05, 0.1) is 10.6 Å². The van der Waals surface area contributed by atoms with E-state index in [0.717, 1.165) is 9.87 Å². The molecule has 0 fully saturated rings. The van der Waals surface area contributed by atoms with Crippen molar-refractivity contribution in [2.24, 2.45) is 0 Å². The van der Waals surface area contributed by atoms with Crippen LogP contribution in [0.4, 0.5) is 5.69 Å². The molecule has 0 unspecified atom stereocenters. The predicted molar refractivity (Wildman–Crippen MR) is 167 cm³/mol. The van der Waals surface area contributed by atoms with Gasteiger partial charge in [-0.15, -0.1) is 0 Å². The molecule has 1 atom stereocenters. The highest BCUT2D eigenvalue weighted by Crippen LogP contribution is 2.28. The molecule has 4 aromatic carbocycles. The second-order valence-electron chi connectivity index (χ2n) is 9.38. The molecule has 0 aliphatic rings. The summed E-state index contributed by atoms with van der Waals surface area (Å²) >= 11 is 18.7. The van der Waals surface area contributed by atoms with Crippen molar-refractivity contribution in [2.75, 3.05) is 17.9 Å². The Kier molecular flexibility index (Phi) is 10.5. The number of benzene rings is 4. The number of amides is 2. The van der Waals surface area contributed by atoms with Crippen LogP contribution in [0.3, 0.4) is 0 Å². The van der Waals surface area contributed by atoms with Gasteiger partial charge < -0.3 is 10.2 Å². The number of likely N-dealkylation sites (N-methyl/N-ethyl adjacent to an activating group) is 1. The van der Waals surface area contributed by atoms with E-state index < -0.39 is 34.4 Å². The number of nitrogens with zero attached hydrogens (tertiary/aromatic N) is 2. The zero-order chi connectivity index (χ0) is 30.3. The molecule has 0 aliphatic heterocycles. The number of hydrogen-bond donors (Lipinski definition) is 1. The zero-order valence-electron chi connectivity index (χ0n) is 22.6. The zero-order valence-corrected chi connectivity index (χ0v) is 25.7. The van der Waals surface area contributed by atoms with Crippen molar-refractivity contribution in [1.82, 2.24) is 10.2 Å². The number of hydrogen-bond acceptors (Lipinski definition) is 4. The minimum absolute atomic E-state index is 0.0339. The maximum Gasteiger partial charge on any atom is 0.264 e. The SMILES string of the molecule is CNC(=O)[C@H](Cc1ccccc1)N(Cc1ccccc1Cl)C(=O)CN(c1cccc(Cl)c1)S(=O)(=O)c1ccc(Cl)cc1. The van der Waals surface area contributed by atoms with E-state index >= 15 is 0 Å². The third-order valence-electron chi connectivity index (χ3n) is 6.59. The lowest BCUT2D eigenvalue weighted by molar-refractivity contribution is -0.139. The van der Waals surface area contributed by atoms with E-state index in [1.807, 2.05) is 30.3 Å². The summed E-state index contributed by atoms with van der Waals surface area (Å²) in [6.07, 6.45) is 0.192. The first kappa shape index (κ1) is 31.4. The fourth-order valence-corrected chi connectivity index (χ4v) is 6.34. The first-order valence-corrected chi connectivity index (χ1v) is 15.5. The lowest BCUT2D eigenvalue weighted by atomic mass is 10.0. The number of carbonyl (C=O) groups is 2. The minimum atomic E-state index is -4.27. The molecule has 42 heavy (non-hydrogen) atoms. The topological polar surface area (TPSA) is 86.8 Å². The second-order valence-corrected chi connectivity index (χ2v) is 12.5. The van der Waals surface area contributed by atoms with Crippen molar-refractivity contribution in [3.63, 3.8) is 0 Å². The molecule has 218 valence electrons. The predicted octanol–water partition coefficient (Wildman–Crippen LogP) is 6.23. The molecule has 0 radical (unpaired) electrons. The minimum Gasteiger partial charge on any atom is -0.357 e. The average Bonchev–Trinajstić information content (AvgIpc) is 2.98. The maximum absolute atomic E-state index is 14.3. The number of carbonyl (C=O) groups excluding carboxylic acids is 2. The molecule has 0 aliphatic carbocycles. The lowest BCUT2D eigenvalue weighted by Crippen LogP contribution is -2.53. The van der Waals surface area contributed by atoms with E-state index in [2.05, 4.69) is 5.32 Å². The maximum atomic E-state index is 14.3. The highest BCUT2D eigenvalue weighted by molar-refractivity contribution is 7.92. The molecule has 1 N–H and O–H groups in total. The molecule has 4 rings (SSSR count). The highest BCUT2D eigenvalue weighted by Gasteiger charge is 2.34. The van der Waals surface area contributed by atoms with Crippen molar-refractivity contribution >= 4 is 62.3 Å². The van der Waals surface area contributed by atoms with Gasteiger partial charge in [0, 0.05) is 35.1 Å². The van der Waals surface area contributed by atoms with Gasteiger partial charge >= 0.3 is 0 Å². The van der Waals surface area contributed by atoms with E-state index in [0.29, 0.717) is 15.6 Å². The van der Waals surface area contributed by atoms with Crippen LogP contribution in [0.5, 0.6) is 0 Å². The molecule has 0 heterocycles. The summed E-state index contributed by atoms with van der Waals surface area (Å²) in [6.45, 7) is -0.647. The molecule has 0 bridgehead atoms. The number of anilines is 1. The van der Waals surface area contributed by atoms with Crippen molar-refractivity contribution in [3.05, 3.63) is 129 Å². The smallest absolute Gasteiger partial charge is 0.264 e. The fraction of sp³-hybridized carbons (Fsp3) is 0.161. The summed E-state index contributed by atoms with van der Waals surface area (Å²) in [5.74, 6) is -1.02. The molecular formula is C31H28Cl3N3O4S. The largest absolute Gasteiger partial charge is 0.357 e. The van der Waals surface area contributed by atoms with E-state index in [-0.39, 0.29) is 28.6 Å². The van der Waals surface area contributed by atoms with Crippen molar-refractivity contribution in [3.8, 4) is 0 Å². The molecule has 4 aromatic rings. The van der Waals surface area contributed by atoms with Crippen LogP contribution in [0.1, 0.15) is 11.1 Å². The van der Waals surface area contributed by atoms with Gasteiger partial charge in [0.25, 0.3) is 10.0 Å². The molecule has 0 aromatic heterocycles. The van der Waals surface area contributed by atoms with Gasteiger partial charge in [-0.3, -0.25) is 13.9 Å². The van der Waals surface area contributed by atoms with E-state index in [1.54, 1.807) is 42.5 Å². The number of sulfonamides is 1. The summed E-state index contributed by atoms with van der Waals surface area (Å²) in [7, 11) is -2.78. The average molecular weight is 645 g/mol. The van der Waals surface area contributed by atoms with Crippen LogP contribution in [0, 0.1) is 0 Å². The number of halogens is 3. The number of rotatable bonds is 11. The van der Waals surface area contributed by atoms with Crippen LogP contribution in [0.2, 0.25) is 15.1 Å². The quantitative estimate of drug-likeness (QED) is 0.210. The summed E-state index contributed by atoms with van der Waals surface area (Å²) in [5.41, 5.74) is 1.61. The van der Waals surface area contributed by atoms with Gasteiger partial charge in [0.2, 0.25) is 11.8 Å². The van der Waals surface area contributed by atoms with Crippen molar-refractivity contribution in [1.29, 1.82) is 0 Å². The monoisotopic (exact) mass is 643 g/mol. The molecule has 0 saturated carbocycles. The van der Waals surface area contributed by atoms with E-state index in [4.69, 9.17) is 34.8 Å². The van der Waals surface area contributed by atoms with Gasteiger partial charge in [0.15, 0.2) is 0 Å². The Morgan fingerprint density at radius 2 is 1.48 bits per heavy atom. The third kappa shape index (κ3) is 7.63. The fourth-order valence-electron chi connectivity index (χ4n) is 4.42. The highest BCUT2D eigenvalue weighted by atomic mass is 35.5. The van der Waals surface area contributed by atoms with Crippen LogP contribution in [0.25, 0.3) is 0 Å². The van der Waals surface area contributed by atoms with Crippen LogP contribution in [-0.4, -0.2) is 44.8 Å². The molecule has 11 heteroatoms. The summed E-state index contributed by atoms with van der Waals surface area (Å²) in [5, 5.41) is 3.70. The van der Waals surface area contributed by atoms with Crippen LogP contribution >= 0.6 is 34.8 Å². The molecule has 2 amide bonds. The Morgan fingerprint density at radius 3 is 2.12 bits per heavy atom. The van der Waals surface area contributed by atoms with Gasteiger partial charge in [0.1, 0.15) is 12.6 Å². The Hall–Kier alpha value is -3.56. The first-order valence-electron chi connectivity index (χ1n) is 12.9. The Bertz CT molecular complexity index is 1650. The van der Waals surface area contributed by atoms with Gasteiger partial charge in [-0.1, -0.05) is 89.4 Å². The van der Waals surface area contributed by atoms with Gasteiger partial charge in [-0.05, 0) is 59.7 Å². The summed E-state index contributed by atoms with van der Waals surface area (Å²) in [4.78, 5) is 28.8. The van der Waals surface area contributed by atoms with Gasteiger partial charge in [-0.2, -0.15) is 0 Å². The molecule has 0 spiro atoms. The van der Waals surface area contributed by atoms with E-state index in [9.17, 15) is 18.0 Å². The van der Waals surface area contributed by atoms with Crippen molar-refractivity contribution in [2.45, 2.75) is 23.9 Å². The normalized spacial score (nSPS) is 11.9. The Morgan fingerprint density at radius 1 is 0.810 bits per heavy atom. The van der Waals surface area contributed by atoms with Crippen molar-refractivity contribution < 1.29 is 18.0 Å². The molecule has 0 saturated heterocycles. The van der Waals surface area contributed by atoms with Crippen LogP contribution < -0.4 is 9.62 Å². The van der Waals surface area contributed by atoms with E-state index in [1.165, 1.54) is 42.3 Å². The lowest BCUT2D eigenvalue weighted by Gasteiger charge is -2.33. The molecular weight excluding hydrogens is 617 g/mol. The Balaban J connectivity index is 1.80. The Labute approximate surface area is 260 Å². The number of nitrogens with one attached hydrogen (secondary N) is 1. The first-order chi connectivity index (χ1) is 20.1. The van der Waals surface area contributed by atoms with Gasteiger partial charge in [-0.25, -0.2) is 8.42 Å². The molecule has 7 nitrogen and oxygen atoms in total. The summed E-state index contributed by atoms with van der Waals surface area (Å²) in [6, 6.07) is 27.1. The third-order valence-corrected chi connectivity index (χ3v) is 9.24. The van der Waals surface area contributed by atoms with Crippen LogP contribution in [0.15, 0.2) is 108 Å². The standard InChI is InChI=1S/C31H28Cl3N3O4S/c1-35-31(39)29(18-22-8-3-2-4-9-22)36(20-23-10-5-6-13-28(23)34)30(38)21-37(26-12-7-11-25(33)19-26)42(40,41)27-16-14-24(32)15-17-27/h2-17,19,29H,18,20-21H2,1H3,(H,35,39)/t29-/m0/s1. The van der Waals surface area contributed by atoms with Crippen LogP contribution in [-0.2, 0) is 32.6 Å². The second kappa shape index (κ2) is 14.1.